The van der Waals surface area contributed by atoms with Gasteiger partial charge in [0.2, 0.25) is 5.82 Å². The third-order valence-electron chi connectivity index (χ3n) is 3.35. The molecule has 0 amide bonds. The second-order valence-corrected chi connectivity index (χ2v) is 6.04. The van der Waals surface area contributed by atoms with Crippen LogP contribution in [0.25, 0.3) is 22.9 Å². The van der Waals surface area contributed by atoms with Gasteiger partial charge in [-0.05, 0) is 11.5 Å². The number of nitrogens with zero attached hydrogens (tertiary/aromatic N) is 4. The summed E-state index contributed by atoms with van der Waals surface area (Å²) in [4.78, 5) is 7.92. The van der Waals surface area contributed by atoms with Crippen LogP contribution in [0.15, 0.2) is 23.0 Å². The molecule has 0 aliphatic carbocycles. The third kappa shape index (κ3) is 2.79. The highest BCUT2D eigenvalue weighted by atomic mass is 19.1. The van der Waals surface area contributed by atoms with Crippen LogP contribution >= 0.6 is 0 Å². The minimum Gasteiger partial charge on any atom is -0.479 e. The monoisotopic (exact) mass is 317 g/mol. The number of hydrogen-bond donors (Lipinski definition) is 1. The fraction of sp³-hybridized carbons (Fsp3) is 0.333. The Hall–Kier alpha value is -2.77. The van der Waals surface area contributed by atoms with Crippen LogP contribution in [0.2, 0.25) is 0 Å². The van der Waals surface area contributed by atoms with Crippen molar-refractivity contribution in [3.63, 3.8) is 0 Å². The lowest BCUT2D eigenvalue weighted by Crippen LogP contribution is -2.11. The van der Waals surface area contributed by atoms with E-state index in [1.54, 1.807) is 12.3 Å². The zero-order valence-electron chi connectivity index (χ0n) is 13.2. The second kappa shape index (κ2) is 5.45. The SMILES string of the molecule is COc1nc(-c2cc(-c3nocc3C(C)(C)C)[nH]n2)ncc1F. The van der Waals surface area contributed by atoms with Gasteiger partial charge in [-0.25, -0.2) is 4.98 Å². The maximum Gasteiger partial charge on any atom is 0.253 e. The Kier molecular flexibility index (Phi) is 3.59. The third-order valence-corrected chi connectivity index (χ3v) is 3.35. The molecule has 0 spiro atoms. The van der Waals surface area contributed by atoms with Crippen LogP contribution < -0.4 is 4.74 Å². The van der Waals surface area contributed by atoms with E-state index in [0.29, 0.717) is 17.1 Å². The first-order valence-electron chi connectivity index (χ1n) is 6.97. The molecule has 0 atom stereocenters. The van der Waals surface area contributed by atoms with Gasteiger partial charge in [-0.2, -0.15) is 14.5 Å². The summed E-state index contributed by atoms with van der Waals surface area (Å²) in [7, 11) is 1.34. The van der Waals surface area contributed by atoms with Crippen molar-refractivity contribution in [3.8, 4) is 28.8 Å². The molecule has 8 heteroatoms. The summed E-state index contributed by atoms with van der Waals surface area (Å²) in [6.07, 6.45) is 2.67. The molecule has 120 valence electrons. The van der Waals surface area contributed by atoms with E-state index in [-0.39, 0.29) is 17.1 Å². The normalized spacial score (nSPS) is 11.7. The standard InChI is InChI=1S/C15H16FN5O2/c1-15(2,3)8-7-23-21-12(8)10-5-11(20-19-10)13-17-6-9(16)14(18-13)22-4/h5-7H,1-4H3,(H,19,20). The second-order valence-electron chi connectivity index (χ2n) is 6.04. The summed E-state index contributed by atoms with van der Waals surface area (Å²) in [5.41, 5.74) is 2.62. The van der Waals surface area contributed by atoms with Crippen LogP contribution in [0.1, 0.15) is 26.3 Å². The van der Waals surface area contributed by atoms with Gasteiger partial charge in [-0.1, -0.05) is 25.9 Å². The van der Waals surface area contributed by atoms with Crippen molar-refractivity contribution in [1.29, 1.82) is 0 Å². The fourth-order valence-corrected chi connectivity index (χ4v) is 2.14. The molecule has 0 saturated carbocycles. The minimum absolute atomic E-state index is 0.128. The Balaban J connectivity index is 2.00. The number of rotatable bonds is 3. The molecule has 0 aromatic carbocycles. The number of ether oxygens (including phenoxy) is 1. The lowest BCUT2D eigenvalue weighted by molar-refractivity contribution is 0.367. The fourth-order valence-electron chi connectivity index (χ4n) is 2.14. The van der Waals surface area contributed by atoms with Gasteiger partial charge in [-0.3, -0.25) is 5.10 Å². The van der Waals surface area contributed by atoms with Crippen molar-refractivity contribution in [2.75, 3.05) is 7.11 Å². The molecule has 23 heavy (non-hydrogen) atoms. The molecule has 0 saturated heterocycles. The molecular formula is C15H16FN5O2. The van der Waals surface area contributed by atoms with Crippen molar-refractivity contribution in [2.45, 2.75) is 26.2 Å². The topological polar surface area (TPSA) is 89.7 Å². The first-order valence-corrected chi connectivity index (χ1v) is 6.97. The van der Waals surface area contributed by atoms with Gasteiger partial charge in [0, 0.05) is 5.56 Å². The molecular weight excluding hydrogens is 301 g/mol. The average molecular weight is 317 g/mol. The van der Waals surface area contributed by atoms with Crippen molar-refractivity contribution in [2.24, 2.45) is 0 Å². The largest absolute Gasteiger partial charge is 0.479 e. The highest BCUT2D eigenvalue weighted by molar-refractivity contribution is 5.65. The summed E-state index contributed by atoms with van der Waals surface area (Å²) in [6.45, 7) is 6.19. The summed E-state index contributed by atoms with van der Waals surface area (Å²) in [5, 5.41) is 11.1. The van der Waals surface area contributed by atoms with Gasteiger partial charge in [-0.15, -0.1) is 0 Å². The Morgan fingerprint density at radius 3 is 2.78 bits per heavy atom. The van der Waals surface area contributed by atoms with E-state index in [2.05, 4.69) is 46.1 Å². The zero-order chi connectivity index (χ0) is 16.6. The molecule has 0 bridgehead atoms. The van der Waals surface area contributed by atoms with Crippen molar-refractivity contribution in [3.05, 3.63) is 29.9 Å². The maximum absolute atomic E-state index is 13.4. The van der Waals surface area contributed by atoms with E-state index in [1.807, 2.05) is 0 Å². The predicted octanol–water partition coefficient (Wildman–Crippen LogP) is 2.97. The van der Waals surface area contributed by atoms with Gasteiger partial charge in [0.05, 0.1) is 19.0 Å². The molecule has 0 aliphatic heterocycles. The summed E-state index contributed by atoms with van der Waals surface area (Å²) >= 11 is 0. The van der Waals surface area contributed by atoms with E-state index in [0.717, 1.165) is 11.8 Å². The number of aromatic amines is 1. The molecule has 7 nitrogen and oxygen atoms in total. The van der Waals surface area contributed by atoms with E-state index < -0.39 is 5.82 Å². The molecule has 3 rings (SSSR count). The predicted molar refractivity (Wildman–Crippen MR) is 80.3 cm³/mol. The maximum atomic E-state index is 13.4. The molecule has 1 N–H and O–H groups in total. The van der Waals surface area contributed by atoms with Crippen LogP contribution in [0, 0.1) is 5.82 Å². The number of aromatic nitrogens is 5. The quantitative estimate of drug-likeness (QED) is 0.798. The number of methoxy groups -OCH3 is 1. The number of halogens is 1. The van der Waals surface area contributed by atoms with E-state index in [4.69, 9.17) is 9.26 Å². The molecule has 0 aliphatic rings. The van der Waals surface area contributed by atoms with Crippen LogP contribution in [-0.4, -0.2) is 32.4 Å². The van der Waals surface area contributed by atoms with E-state index >= 15 is 0 Å². The van der Waals surface area contributed by atoms with Crippen LogP contribution in [0.4, 0.5) is 4.39 Å². The Morgan fingerprint density at radius 1 is 1.30 bits per heavy atom. The smallest absolute Gasteiger partial charge is 0.253 e. The lowest BCUT2D eigenvalue weighted by atomic mass is 9.87. The average Bonchev–Trinajstić information content (AvgIpc) is 3.15. The zero-order valence-corrected chi connectivity index (χ0v) is 13.2. The van der Waals surface area contributed by atoms with Gasteiger partial charge >= 0.3 is 0 Å². The summed E-state index contributed by atoms with van der Waals surface area (Å²) < 4.78 is 23.4. The Morgan fingerprint density at radius 2 is 2.09 bits per heavy atom. The van der Waals surface area contributed by atoms with Crippen molar-refractivity contribution < 1.29 is 13.7 Å². The molecule has 3 aromatic rings. The van der Waals surface area contributed by atoms with Gasteiger partial charge < -0.3 is 9.26 Å². The van der Waals surface area contributed by atoms with Crippen molar-refractivity contribution in [1.82, 2.24) is 25.3 Å². The first-order chi connectivity index (χ1) is 10.9. The molecule has 0 unspecified atom stereocenters. The van der Waals surface area contributed by atoms with Crippen LogP contribution in [0.3, 0.4) is 0 Å². The molecule has 0 fully saturated rings. The number of nitrogens with one attached hydrogen (secondary N) is 1. The Bertz CT molecular complexity index is 835. The van der Waals surface area contributed by atoms with Crippen molar-refractivity contribution >= 4 is 0 Å². The van der Waals surface area contributed by atoms with Gasteiger partial charge in [0.15, 0.2) is 5.82 Å². The molecule has 3 aromatic heterocycles. The van der Waals surface area contributed by atoms with E-state index in [9.17, 15) is 4.39 Å². The molecule has 0 radical (unpaired) electrons. The van der Waals surface area contributed by atoms with Crippen LogP contribution in [0.5, 0.6) is 5.88 Å². The highest BCUT2D eigenvalue weighted by Gasteiger charge is 2.24. The molecule has 3 heterocycles. The van der Waals surface area contributed by atoms with E-state index in [1.165, 1.54) is 7.11 Å². The van der Waals surface area contributed by atoms with Gasteiger partial charge in [0.25, 0.3) is 5.88 Å². The lowest BCUT2D eigenvalue weighted by Gasteiger charge is -2.16. The number of hydrogen-bond acceptors (Lipinski definition) is 6. The number of H-pyrrole nitrogens is 1. The Labute approximate surface area is 131 Å². The highest BCUT2D eigenvalue weighted by Crippen LogP contribution is 2.32. The summed E-state index contributed by atoms with van der Waals surface area (Å²) in [5.74, 6) is -0.499. The first kappa shape index (κ1) is 15.1. The minimum atomic E-state index is -0.626. The van der Waals surface area contributed by atoms with Gasteiger partial charge in [0.1, 0.15) is 17.7 Å². The summed E-state index contributed by atoms with van der Waals surface area (Å²) in [6, 6.07) is 1.74. The van der Waals surface area contributed by atoms with Crippen LogP contribution in [-0.2, 0) is 5.41 Å².